The first-order valence-electron chi connectivity index (χ1n) is 9.35. The van der Waals surface area contributed by atoms with Crippen LogP contribution in [-0.2, 0) is 4.74 Å². The van der Waals surface area contributed by atoms with Crippen LogP contribution >= 0.6 is 11.6 Å². The van der Waals surface area contributed by atoms with Crippen LogP contribution in [0.15, 0.2) is 29.2 Å². The van der Waals surface area contributed by atoms with Gasteiger partial charge in [-0.1, -0.05) is 32.4 Å². The first kappa shape index (κ1) is 21.2. The SMILES string of the molecule is COCCCOc1cc2c(cc1Cl)-c1cc(=O)c(C(=O)O)cn1C(C(C)(C)C)N2. The summed E-state index contributed by atoms with van der Waals surface area (Å²) in [6, 6.07) is 4.92. The van der Waals surface area contributed by atoms with Gasteiger partial charge < -0.3 is 24.5 Å². The van der Waals surface area contributed by atoms with Gasteiger partial charge in [-0.15, -0.1) is 0 Å². The lowest BCUT2D eigenvalue weighted by Crippen LogP contribution is -2.36. The van der Waals surface area contributed by atoms with Crippen LogP contribution in [0.3, 0.4) is 0 Å². The molecule has 1 aliphatic heterocycles. The zero-order valence-electron chi connectivity index (χ0n) is 16.9. The molecule has 0 radical (unpaired) electrons. The van der Waals surface area contributed by atoms with Crippen LogP contribution in [0.25, 0.3) is 11.3 Å². The molecule has 0 saturated heterocycles. The molecule has 0 spiro atoms. The Hall–Kier alpha value is -2.51. The molecule has 1 atom stereocenters. The minimum absolute atomic E-state index is 0.266. The number of aromatic carboxylic acids is 1. The number of carboxylic acids is 1. The predicted molar refractivity (Wildman–Crippen MR) is 112 cm³/mol. The number of anilines is 1. The van der Waals surface area contributed by atoms with Gasteiger partial charge in [-0.3, -0.25) is 4.79 Å². The van der Waals surface area contributed by atoms with Crippen LogP contribution in [0.2, 0.25) is 5.02 Å². The number of rotatable bonds is 6. The molecule has 7 nitrogen and oxygen atoms in total. The minimum atomic E-state index is -1.25. The smallest absolute Gasteiger partial charge is 0.341 e. The van der Waals surface area contributed by atoms with Crippen molar-refractivity contribution in [2.24, 2.45) is 5.41 Å². The zero-order chi connectivity index (χ0) is 21.3. The number of methoxy groups -OCH3 is 1. The van der Waals surface area contributed by atoms with Crippen LogP contribution in [-0.4, -0.2) is 36.0 Å². The van der Waals surface area contributed by atoms with E-state index in [1.54, 1.807) is 17.7 Å². The number of pyridine rings is 1. The Labute approximate surface area is 174 Å². The summed E-state index contributed by atoms with van der Waals surface area (Å²) in [5, 5.41) is 13.2. The summed E-state index contributed by atoms with van der Waals surface area (Å²) in [6.07, 6.45) is 1.86. The van der Waals surface area contributed by atoms with E-state index in [1.807, 2.05) is 26.8 Å². The molecule has 2 aromatic rings. The topological polar surface area (TPSA) is 89.8 Å². The summed E-state index contributed by atoms with van der Waals surface area (Å²) >= 11 is 6.42. The number of carbonyl (C=O) groups is 1. The molecule has 8 heteroatoms. The van der Waals surface area contributed by atoms with E-state index in [0.29, 0.717) is 35.2 Å². The van der Waals surface area contributed by atoms with E-state index in [2.05, 4.69) is 5.32 Å². The van der Waals surface area contributed by atoms with Crippen LogP contribution in [0, 0.1) is 5.41 Å². The molecule has 0 aliphatic carbocycles. The largest absolute Gasteiger partial charge is 0.492 e. The average molecular weight is 421 g/mol. The molecule has 29 heavy (non-hydrogen) atoms. The number of aromatic nitrogens is 1. The maximum absolute atomic E-state index is 12.4. The van der Waals surface area contributed by atoms with Crippen molar-refractivity contribution in [2.75, 3.05) is 25.6 Å². The summed E-state index contributed by atoms with van der Waals surface area (Å²) < 4.78 is 12.6. The Morgan fingerprint density at radius 2 is 2.00 bits per heavy atom. The van der Waals surface area contributed by atoms with Gasteiger partial charge >= 0.3 is 5.97 Å². The number of hydrogen-bond donors (Lipinski definition) is 2. The molecule has 2 heterocycles. The highest BCUT2D eigenvalue weighted by molar-refractivity contribution is 6.32. The Bertz CT molecular complexity index is 994. The number of carboxylic acid groups (broad SMARTS) is 1. The van der Waals surface area contributed by atoms with Gasteiger partial charge in [-0.05, 0) is 6.07 Å². The number of nitrogens with zero attached hydrogens (tertiary/aromatic N) is 1. The third-order valence-electron chi connectivity index (χ3n) is 4.80. The molecule has 1 aromatic heterocycles. The monoisotopic (exact) mass is 420 g/mol. The van der Waals surface area contributed by atoms with Gasteiger partial charge in [-0.2, -0.15) is 0 Å². The Kier molecular flexibility index (Phi) is 5.91. The standard InChI is InChI=1S/C21H25ClN2O5/c1-21(2,3)20-23-15-9-18(29-7-5-6-28-4)14(22)8-12(15)16-10-17(25)13(19(26)27)11-24(16)20/h8-11,20,23H,5-7H2,1-4H3,(H,26,27). The third kappa shape index (κ3) is 4.26. The average Bonchev–Trinajstić information content (AvgIpc) is 2.63. The van der Waals surface area contributed by atoms with Crippen LogP contribution in [0.1, 0.15) is 43.7 Å². The molecule has 0 bridgehead atoms. The van der Waals surface area contributed by atoms with Gasteiger partial charge in [0.15, 0.2) is 5.43 Å². The van der Waals surface area contributed by atoms with E-state index in [1.165, 1.54) is 12.3 Å². The number of fused-ring (bicyclic) bond motifs is 3. The van der Waals surface area contributed by atoms with Gasteiger partial charge in [0.1, 0.15) is 17.5 Å². The van der Waals surface area contributed by atoms with Crippen molar-refractivity contribution in [2.45, 2.75) is 33.4 Å². The van der Waals surface area contributed by atoms with Crippen molar-refractivity contribution in [3.63, 3.8) is 0 Å². The molecule has 0 saturated carbocycles. The number of hydrogen-bond acceptors (Lipinski definition) is 5. The van der Waals surface area contributed by atoms with E-state index in [4.69, 9.17) is 21.1 Å². The molecule has 0 amide bonds. The zero-order valence-corrected chi connectivity index (χ0v) is 17.7. The van der Waals surface area contributed by atoms with Gasteiger partial charge in [0.25, 0.3) is 0 Å². The van der Waals surface area contributed by atoms with Crippen molar-refractivity contribution in [3.05, 3.63) is 45.2 Å². The summed E-state index contributed by atoms with van der Waals surface area (Å²) in [7, 11) is 1.64. The molecule has 1 aromatic carbocycles. The number of halogens is 1. The molecule has 3 rings (SSSR count). The number of benzene rings is 1. The molecule has 2 N–H and O–H groups in total. The van der Waals surface area contributed by atoms with E-state index in [9.17, 15) is 14.7 Å². The maximum atomic E-state index is 12.4. The second kappa shape index (κ2) is 8.08. The fourth-order valence-electron chi connectivity index (χ4n) is 3.37. The van der Waals surface area contributed by atoms with Crippen LogP contribution in [0.5, 0.6) is 5.75 Å². The number of ether oxygens (including phenoxy) is 2. The summed E-state index contributed by atoms with van der Waals surface area (Å²) in [6.45, 7) is 7.17. The van der Waals surface area contributed by atoms with Crippen LogP contribution in [0.4, 0.5) is 5.69 Å². The number of nitrogens with one attached hydrogen (secondary N) is 1. The Balaban J connectivity index is 2.11. The molecule has 156 valence electrons. The fourth-order valence-corrected chi connectivity index (χ4v) is 3.59. The lowest BCUT2D eigenvalue weighted by atomic mass is 9.89. The minimum Gasteiger partial charge on any atom is -0.492 e. The first-order valence-corrected chi connectivity index (χ1v) is 9.73. The quantitative estimate of drug-likeness (QED) is 0.679. The molecular weight excluding hydrogens is 396 g/mol. The van der Waals surface area contributed by atoms with Crippen molar-refractivity contribution in [1.82, 2.24) is 4.57 Å². The fraction of sp³-hybridized carbons (Fsp3) is 0.429. The molecular formula is C21H25ClN2O5. The maximum Gasteiger partial charge on any atom is 0.341 e. The van der Waals surface area contributed by atoms with Crippen molar-refractivity contribution < 1.29 is 19.4 Å². The second-order valence-electron chi connectivity index (χ2n) is 8.08. The lowest BCUT2D eigenvalue weighted by Gasteiger charge is -2.40. The van der Waals surface area contributed by atoms with Gasteiger partial charge in [-0.25, -0.2) is 4.79 Å². The second-order valence-corrected chi connectivity index (χ2v) is 8.49. The van der Waals surface area contributed by atoms with Crippen molar-refractivity contribution in [1.29, 1.82) is 0 Å². The van der Waals surface area contributed by atoms with E-state index < -0.39 is 11.4 Å². The highest BCUT2D eigenvalue weighted by Gasteiger charge is 2.33. The predicted octanol–water partition coefficient (Wildman–Crippen LogP) is 4.25. The molecule has 1 unspecified atom stereocenters. The normalized spacial score (nSPS) is 15.3. The van der Waals surface area contributed by atoms with E-state index in [0.717, 1.165) is 12.1 Å². The third-order valence-corrected chi connectivity index (χ3v) is 5.09. The first-order chi connectivity index (χ1) is 13.6. The van der Waals surface area contributed by atoms with Gasteiger partial charge in [0.2, 0.25) is 0 Å². The van der Waals surface area contributed by atoms with Crippen LogP contribution < -0.4 is 15.5 Å². The van der Waals surface area contributed by atoms with E-state index >= 15 is 0 Å². The lowest BCUT2D eigenvalue weighted by molar-refractivity contribution is 0.0694. The summed E-state index contributed by atoms with van der Waals surface area (Å²) in [5.41, 5.74) is 1.03. The molecule has 0 fully saturated rings. The summed E-state index contributed by atoms with van der Waals surface area (Å²) in [4.78, 5) is 23.8. The van der Waals surface area contributed by atoms with Crippen molar-refractivity contribution >= 4 is 23.3 Å². The summed E-state index contributed by atoms with van der Waals surface area (Å²) in [5.74, 6) is -0.707. The van der Waals surface area contributed by atoms with Crippen molar-refractivity contribution in [3.8, 4) is 17.0 Å². The highest BCUT2D eigenvalue weighted by atomic mass is 35.5. The van der Waals surface area contributed by atoms with E-state index in [-0.39, 0.29) is 17.1 Å². The van der Waals surface area contributed by atoms with Gasteiger partial charge in [0, 0.05) is 55.1 Å². The Morgan fingerprint density at radius 1 is 1.28 bits per heavy atom. The van der Waals surface area contributed by atoms with Gasteiger partial charge in [0.05, 0.1) is 17.3 Å². The Morgan fingerprint density at radius 3 is 2.62 bits per heavy atom. The molecule has 1 aliphatic rings. The highest BCUT2D eigenvalue weighted by Crippen LogP contribution is 2.45.